The molecule has 3 aromatic rings. The smallest absolute Gasteiger partial charge is 0.416 e. The van der Waals surface area contributed by atoms with Gasteiger partial charge in [0.05, 0.1) is 16.8 Å². The van der Waals surface area contributed by atoms with Crippen molar-refractivity contribution >= 4 is 11.9 Å². The Morgan fingerprint density at radius 3 is 2.13 bits per heavy atom. The Hall–Kier alpha value is -3.71. The first-order valence-electron chi connectivity index (χ1n) is 11.9. The molecule has 0 aliphatic carbocycles. The van der Waals surface area contributed by atoms with Crippen LogP contribution in [0, 0.1) is 6.92 Å². The Morgan fingerprint density at radius 1 is 1.03 bits per heavy atom. The highest BCUT2D eigenvalue weighted by molar-refractivity contribution is 5.95. The molecule has 13 heteroatoms. The molecule has 1 aromatic heterocycles. The minimum atomic E-state index is -4.79. The van der Waals surface area contributed by atoms with Crippen molar-refractivity contribution in [1.29, 1.82) is 0 Å². The summed E-state index contributed by atoms with van der Waals surface area (Å²) in [7, 11) is 1.44. The number of carboxylic acid groups (broad SMARTS) is 1. The number of carboxylic acids is 1. The van der Waals surface area contributed by atoms with Crippen molar-refractivity contribution in [3.63, 3.8) is 0 Å². The summed E-state index contributed by atoms with van der Waals surface area (Å²) in [6.07, 6.45) is -8.16. The normalized spacial score (nSPS) is 14.0. The van der Waals surface area contributed by atoms with Gasteiger partial charge in [-0.2, -0.15) is 26.3 Å². The molecule has 2 heterocycles. The highest BCUT2D eigenvalue weighted by Gasteiger charge is 2.36. The van der Waals surface area contributed by atoms with Crippen LogP contribution in [0.5, 0.6) is 0 Å². The SMILES string of the molecule is CNCc1cc(C(F)(F)F)cc(C(F)(F)F)c1.Cc1ccccc1-c1nc(N2CCNCC2)ncc1C(=O)O. The molecule has 1 saturated heterocycles. The molecular formula is C26H27F6N5O2. The largest absolute Gasteiger partial charge is 0.478 e. The number of rotatable bonds is 5. The van der Waals surface area contributed by atoms with E-state index in [9.17, 15) is 36.2 Å². The first-order valence-corrected chi connectivity index (χ1v) is 11.9. The van der Waals surface area contributed by atoms with Gasteiger partial charge in [-0.25, -0.2) is 14.8 Å². The number of aromatic nitrogens is 2. The number of halogens is 6. The summed E-state index contributed by atoms with van der Waals surface area (Å²) in [6, 6.07) is 9.17. The summed E-state index contributed by atoms with van der Waals surface area (Å²) in [5.41, 5.74) is -0.208. The number of nitrogens with one attached hydrogen (secondary N) is 2. The molecule has 0 amide bonds. The maximum absolute atomic E-state index is 12.4. The van der Waals surface area contributed by atoms with E-state index in [1.807, 2.05) is 31.2 Å². The van der Waals surface area contributed by atoms with Crippen LogP contribution in [-0.4, -0.2) is 54.3 Å². The average molecular weight is 556 g/mol. The van der Waals surface area contributed by atoms with Crippen LogP contribution in [0.3, 0.4) is 0 Å². The van der Waals surface area contributed by atoms with E-state index in [1.54, 1.807) is 0 Å². The Labute approximate surface area is 220 Å². The minimum absolute atomic E-state index is 0.0605. The summed E-state index contributed by atoms with van der Waals surface area (Å²) in [5.74, 6) is -0.421. The molecule has 0 atom stereocenters. The molecular weight excluding hydrogens is 528 g/mol. The number of benzene rings is 2. The van der Waals surface area contributed by atoms with Crippen molar-refractivity contribution in [2.75, 3.05) is 38.1 Å². The predicted octanol–water partition coefficient (Wildman–Crippen LogP) is 5.00. The summed E-state index contributed by atoms with van der Waals surface area (Å²) in [6.45, 7) is 5.29. The lowest BCUT2D eigenvalue weighted by Gasteiger charge is -2.27. The van der Waals surface area contributed by atoms with Gasteiger partial charge < -0.3 is 20.6 Å². The zero-order chi connectivity index (χ0) is 28.8. The Bertz CT molecular complexity index is 1260. The number of nitrogens with zero attached hydrogens (tertiary/aromatic N) is 3. The predicted molar refractivity (Wildman–Crippen MR) is 133 cm³/mol. The van der Waals surface area contributed by atoms with Gasteiger partial charge in [0.25, 0.3) is 0 Å². The van der Waals surface area contributed by atoms with Crippen molar-refractivity contribution < 1.29 is 36.2 Å². The number of hydrogen-bond acceptors (Lipinski definition) is 6. The molecule has 0 bridgehead atoms. The summed E-state index contributed by atoms with van der Waals surface area (Å²) in [4.78, 5) is 22.4. The van der Waals surface area contributed by atoms with Gasteiger partial charge in [-0.15, -0.1) is 0 Å². The van der Waals surface area contributed by atoms with E-state index in [-0.39, 0.29) is 23.7 Å². The number of hydrogen-bond donors (Lipinski definition) is 3. The molecule has 2 aromatic carbocycles. The number of alkyl halides is 6. The first kappa shape index (κ1) is 29.8. The highest BCUT2D eigenvalue weighted by atomic mass is 19.4. The second kappa shape index (κ2) is 12.4. The standard InChI is InChI=1S/C16H18N4O2.C10H9F6N/c1-11-4-2-3-5-12(11)14-13(15(21)22)10-18-16(19-14)20-8-6-17-7-9-20;1-17-5-6-2-7(9(11,12)13)4-8(3-6)10(14,15)16/h2-5,10,17H,6-9H2,1H3,(H,21,22);2-4,17H,5H2,1H3. The molecule has 0 radical (unpaired) electrons. The molecule has 0 saturated carbocycles. The van der Waals surface area contributed by atoms with Gasteiger partial charge in [-0.3, -0.25) is 0 Å². The van der Waals surface area contributed by atoms with Gasteiger partial charge in [-0.1, -0.05) is 24.3 Å². The number of piperazine rings is 1. The summed E-state index contributed by atoms with van der Waals surface area (Å²) in [5, 5.41) is 15.2. The van der Waals surface area contributed by atoms with Crippen LogP contribution in [-0.2, 0) is 18.9 Å². The van der Waals surface area contributed by atoms with Crippen molar-refractivity contribution in [1.82, 2.24) is 20.6 Å². The number of carbonyl (C=O) groups is 1. The van der Waals surface area contributed by atoms with Crippen molar-refractivity contribution in [2.45, 2.75) is 25.8 Å². The topological polar surface area (TPSA) is 90.4 Å². The Balaban J connectivity index is 0.000000224. The van der Waals surface area contributed by atoms with Crippen molar-refractivity contribution in [2.24, 2.45) is 0 Å². The zero-order valence-electron chi connectivity index (χ0n) is 21.1. The monoisotopic (exact) mass is 555 g/mol. The van der Waals surface area contributed by atoms with Crippen molar-refractivity contribution in [3.05, 3.63) is 76.5 Å². The molecule has 1 fully saturated rings. The van der Waals surface area contributed by atoms with Crippen LogP contribution in [0.4, 0.5) is 32.3 Å². The first-order chi connectivity index (χ1) is 18.3. The fourth-order valence-corrected chi connectivity index (χ4v) is 3.92. The summed E-state index contributed by atoms with van der Waals surface area (Å²) >= 11 is 0. The molecule has 0 spiro atoms. The zero-order valence-corrected chi connectivity index (χ0v) is 21.1. The van der Waals surface area contributed by atoms with E-state index in [4.69, 9.17) is 0 Å². The van der Waals surface area contributed by atoms with Crippen LogP contribution in [0.15, 0.2) is 48.7 Å². The van der Waals surface area contributed by atoms with E-state index in [0.29, 0.717) is 23.8 Å². The number of aryl methyl sites for hydroxylation is 1. The Morgan fingerprint density at radius 2 is 1.62 bits per heavy atom. The van der Waals surface area contributed by atoms with E-state index in [2.05, 4.69) is 25.5 Å². The number of aromatic carboxylic acids is 1. The molecule has 4 rings (SSSR count). The highest BCUT2D eigenvalue weighted by Crippen LogP contribution is 2.36. The fraction of sp³-hybridized carbons (Fsp3) is 0.346. The third-order valence-corrected chi connectivity index (χ3v) is 5.83. The van der Waals surface area contributed by atoms with Gasteiger partial charge in [0.1, 0.15) is 5.56 Å². The van der Waals surface area contributed by atoms with E-state index < -0.39 is 29.4 Å². The molecule has 1 aliphatic heterocycles. The van der Waals surface area contributed by atoms with Crippen LogP contribution in [0.25, 0.3) is 11.3 Å². The average Bonchev–Trinajstić information content (AvgIpc) is 2.88. The maximum atomic E-state index is 12.4. The molecule has 3 N–H and O–H groups in total. The third kappa shape index (κ3) is 7.90. The maximum Gasteiger partial charge on any atom is 0.416 e. The lowest BCUT2D eigenvalue weighted by Crippen LogP contribution is -2.44. The van der Waals surface area contributed by atoms with Gasteiger partial charge in [-0.05, 0) is 43.3 Å². The van der Waals surface area contributed by atoms with E-state index >= 15 is 0 Å². The molecule has 210 valence electrons. The second-order valence-electron chi connectivity index (χ2n) is 8.73. The minimum Gasteiger partial charge on any atom is -0.478 e. The van der Waals surface area contributed by atoms with Crippen LogP contribution >= 0.6 is 0 Å². The van der Waals surface area contributed by atoms with Crippen LogP contribution < -0.4 is 15.5 Å². The quantitative estimate of drug-likeness (QED) is 0.382. The molecule has 1 aliphatic rings. The van der Waals surface area contributed by atoms with Crippen LogP contribution in [0.2, 0.25) is 0 Å². The summed E-state index contributed by atoms with van der Waals surface area (Å²) < 4.78 is 74.3. The van der Waals surface area contributed by atoms with Gasteiger partial charge in [0.15, 0.2) is 0 Å². The fourth-order valence-electron chi connectivity index (χ4n) is 3.92. The lowest BCUT2D eigenvalue weighted by atomic mass is 10.0. The van der Waals surface area contributed by atoms with Crippen molar-refractivity contribution in [3.8, 4) is 11.3 Å². The molecule has 0 unspecified atom stereocenters. The van der Waals surface area contributed by atoms with E-state index in [1.165, 1.54) is 13.2 Å². The van der Waals surface area contributed by atoms with Gasteiger partial charge >= 0.3 is 18.3 Å². The second-order valence-corrected chi connectivity index (χ2v) is 8.73. The van der Waals surface area contributed by atoms with Gasteiger partial charge in [0.2, 0.25) is 5.95 Å². The van der Waals surface area contributed by atoms with Crippen LogP contribution in [0.1, 0.15) is 32.6 Å². The number of anilines is 1. The van der Waals surface area contributed by atoms with Gasteiger partial charge in [0, 0.05) is 44.5 Å². The molecule has 7 nitrogen and oxygen atoms in total. The third-order valence-electron chi connectivity index (χ3n) is 5.83. The van der Waals surface area contributed by atoms with E-state index in [0.717, 1.165) is 37.3 Å². The molecule has 39 heavy (non-hydrogen) atoms. The lowest BCUT2D eigenvalue weighted by molar-refractivity contribution is -0.143. The Kier molecular flexibility index (Phi) is 9.51.